The van der Waals surface area contributed by atoms with Crippen molar-refractivity contribution >= 4 is 34.9 Å². The highest BCUT2D eigenvalue weighted by Gasteiger charge is 2.06. The highest BCUT2D eigenvalue weighted by molar-refractivity contribution is 7.71. The molecule has 0 radical (unpaired) electrons. The fraction of sp³-hybridized carbons (Fsp3) is 0.500. The average molecular weight is 298 g/mol. The third kappa shape index (κ3) is 3.38. The molecule has 0 fully saturated rings. The predicted octanol–water partition coefficient (Wildman–Crippen LogP) is 4.08. The maximum atomic E-state index is 6.06. The fourth-order valence-corrected chi connectivity index (χ4v) is 2.55. The zero-order valence-electron chi connectivity index (χ0n) is 11.6. The minimum Gasteiger partial charge on any atom is -0.331 e. The largest absolute Gasteiger partial charge is 0.331 e. The lowest BCUT2D eigenvalue weighted by molar-refractivity contribution is 0.266. The van der Waals surface area contributed by atoms with Crippen LogP contribution in [0.2, 0.25) is 5.02 Å². The minimum atomic E-state index is 0.574. The second-order valence-electron chi connectivity index (χ2n) is 5.17. The van der Waals surface area contributed by atoms with Gasteiger partial charge in [-0.2, -0.15) is 0 Å². The SMILES string of the molecule is CC(C)N(C)CCCn1c(=S)[nH]c2ccc(Cl)cc21. The van der Waals surface area contributed by atoms with Gasteiger partial charge in [0.15, 0.2) is 4.77 Å². The Morgan fingerprint density at radius 2 is 2.16 bits per heavy atom. The number of aromatic amines is 1. The summed E-state index contributed by atoms with van der Waals surface area (Å²) in [6, 6.07) is 6.40. The molecule has 19 heavy (non-hydrogen) atoms. The Morgan fingerprint density at radius 3 is 2.84 bits per heavy atom. The zero-order valence-corrected chi connectivity index (χ0v) is 13.2. The molecule has 1 heterocycles. The van der Waals surface area contributed by atoms with Gasteiger partial charge in [0.1, 0.15) is 0 Å². The number of H-pyrrole nitrogens is 1. The Hall–Kier alpha value is -0.840. The number of imidazole rings is 1. The molecule has 104 valence electrons. The normalized spacial score (nSPS) is 11.9. The quantitative estimate of drug-likeness (QED) is 0.841. The first-order chi connectivity index (χ1) is 8.99. The third-order valence-electron chi connectivity index (χ3n) is 3.51. The summed E-state index contributed by atoms with van der Waals surface area (Å²) in [5, 5.41) is 0.745. The van der Waals surface area contributed by atoms with Gasteiger partial charge in [0, 0.05) is 17.6 Å². The molecule has 0 unspecified atom stereocenters. The summed E-state index contributed by atoms with van der Waals surface area (Å²) in [7, 11) is 2.15. The number of rotatable bonds is 5. The molecule has 0 spiro atoms. The van der Waals surface area contributed by atoms with Crippen molar-refractivity contribution in [2.75, 3.05) is 13.6 Å². The van der Waals surface area contributed by atoms with E-state index in [-0.39, 0.29) is 0 Å². The predicted molar refractivity (Wildman–Crippen MR) is 84.5 cm³/mol. The molecule has 1 N–H and O–H groups in total. The molecule has 0 aliphatic heterocycles. The van der Waals surface area contributed by atoms with E-state index in [9.17, 15) is 0 Å². The van der Waals surface area contributed by atoms with Crippen molar-refractivity contribution in [1.82, 2.24) is 14.5 Å². The Bertz CT molecular complexity index is 615. The second-order valence-corrected chi connectivity index (χ2v) is 5.99. The molecule has 0 bridgehead atoms. The molecule has 2 aromatic rings. The van der Waals surface area contributed by atoms with Crippen molar-refractivity contribution in [3.05, 3.63) is 28.0 Å². The summed E-state index contributed by atoms with van der Waals surface area (Å²) < 4.78 is 2.90. The van der Waals surface area contributed by atoms with Crippen LogP contribution in [0.15, 0.2) is 18.2 Å². The van der Waals surface area contributed by atoms with E-state index in [1.807, 2.05) is 18.2 Å². The molecule has 2 rings (SSSR count). The van der Waals surface area contributed by atoms with Crippen LogP contribution in [-0.4, -0.2) is 34.1 Å². The van der Waals surface area contributed by atoms with Gasteiger partial charge in [-0.25, -0.2) is 0 Å². The molecule has 0 amide bonds. The molecule has 0 saturated heterocycles. The monoisotopic (exact) mass is 297 g/mol. The molecule has 1 aromatic carbocycles. The van der Waals surface area contributed by atoms with E-state index in [0.29, 0.717) is 6.04 Å². The molecule has 5 heteroatoms. The first kappa shape index (κ1) is 14.6. The standard InChI is InChI=1S/C14H20ClN3S/c1-10(2)17(3)7-4-8-18-13-9-11(15)5-6-12(13)16-14(18)19/h5-6,9-10H,4,7-8H2,1-3H3,(H,16,19). The van der Waals surface area contributed by atoms with Crippen LogP contribution in [0.1, 0.15) is 20.3 Å². The van der Waals surface area contributed by atoms with Gasteiger partial charge in [-0.05, 0) is 64.3 Å². The highest BCUT2D eigenvalue weighted by Crippen LogP contribution is 2.19. The van der Waals surface area contributed by atoms with E-state index in [1.54, 1.807) is 0 Å². The number of hydrogen-bond donors (Lipinski definition) is 1. The summed E-state index contributed by atoms with van der Waals surface area (Å²) in [5.74, 6) is 0. The maximum Gasteiger partial charge on any atom is 0.178 e. The lowest BCUT2D eigenvalue weighted by Gasteiger charge is -2.20. The van der Waals surface area contributed by atoms with E-state index in [4.69, 9.17) is 23.8 Å². The summed E-state index contributed by atoms with van der Waals surface area (Å²) in [6.07, 6.45) is 1.07. The lowest BCUT2D eigenvalue weighted by atomic mass is 10.3. The van der Waals surface area contributed by atoms with Crippen molar-refractivity contribution in [1.29, 1.82) is 0 Å². The number of fused-ring (bicyclic) bond motifs is 1. The van der Waals surface area contributed by atoms with Crippen LogP contribution in [-0.2, 0) is 6.54 Å². The van der Waals surface area contributed by atoms with Crippen LogP contribution in [0.25, 0.3) is 11.0 Å². The van der Waals surface area contributed by atoms with Gasteiger partial charge in [-0.1, -0.05) is 11.6 Å². The molecule has 0 aliphatic carbocycles. The van der Waals surface area contributed by atoms with Crippen LogP contribution in [0.3, 0.4) is 0 Å². The number of nitrogens with one attached hydrogen (secondary N) is 1. The smallest absolute Gasteiger partial charge is 0.178 e. The van der Waals surface area contributed by atoms with E-state index >= 15 is 0 Å². The minimum absolute atomic E-state index is 0.574. The topological polar surface area (TPSA) is 24.0 Å². The van der Waals surface area contributed by atoms with Gasteiger partial charge in [-0.15, -0.1) is 0 Å². The van der Waals surface area contributed by atoms with Crippen LogP contribution in [0, 0.1) is 4.77 Å². The van der Waals surface area contributed by atoms with Crippen LogP contribution >= 0.6 is 23.8 Å². The van der Waals surface area contributed by atoms with Gasteiger partial charge in [0.2, 0.25) is 0 Å². The van der Waals surface area contributed by atoms with E-state index < -0.39 is 0 Å². The van der Waals surface area contributed by atoms with E-state index in [1.165, 1.54) is 0 Å². The Labute approximate surface area is 124 Å². The van der Waals surface area contributed by atoms with Crippen molar-refractivity contribution in [3.63, 3.8) is 0 Å². The number of aryl methyl sites for hydroxylation is 1. The Balaban J connectivity index is 2.14. The van der Waals surface area contributed by atoms with Gasteiger partial charge >= 0.3 is 0 Å². The van der Waals surface area contributed by atoms with Crippen molar-refractivity contribution in [2.45, 2.75) is 32.9 Å². The number of nitrogens with zero attached hydrogens (tertiary/aromatic N) is 2. The summed E-state index contributed by atoms with van der Waals surface area (Å²) in [5.41, 5.74) is 2.14. The molecular weight excluding hydrogens is 278 g/mol. The van der Waals surface area contributed by atoms with Gasteiger partial charge in [0.25, 0.3) is 0 Å². The Morgan fingerprint density at radius 1 is 1.42 bits per heavy atom. The number of aromatic nitrogens is 2. The molecular formula is C14H20ClN3S. The Kier molecular flexibility index (Phi) is 4.66. The molecule has 1 aromatic heterocycles. The third-order valence-corrected chi connectivity index (χ3v) is 4.07. The average Bonchev–Trinajstić information content (AvgIpc) is 2.65. The van der Waals surface area contributed by atoms with Crippen molar-refractivity contribution in [2.24, 2.45) is 0 Å². The van der Waals surface area contributed by atoms with E-state index in [2.05, 4.69) is 35.3 Å². The summed E-state index contributed by atoms with van der Waals surface area (Å²) in [4.78, 5) is 5.56. The van der Waals surface area contributed by atoms with Crippen LogP contribution in [0.5, 0.6) is 0 Å². The van der Waals surface area contributed by atoms with Gasteiger partial charge < -0.3 is 14.5 Å². The molecule has 0 aliphatic rings. The van der Waals surface area contributed by atoms with Crippen LogP contribution < -0.4 is 0 Å². The zero-order chi connectivity index (χ0) is 14.0. The molecule has 0 atom stereocenters. The van der Waals surface area contributed by atoms with Crippen molar-refractivity contribution in [3.8, 4) is 0 Å². The van der Waals surface area contributed by atoms with E-state index in [0.717, 1.165) is 40.3 Å². The number of hydrogen-bond acceptors (Lipinski definition) is 2. The van der Waals surface area contributed by atoms with Crippen LogP contribution in [0.4, 0.5) is 0 Å². The second kappa shape index (κ2) is 6.07. The highest BCUT2D eigenvalue weighted by atomic mass is 35.5. The first-order valence-corrected chi connectivity index (χ1v) is 7.36. The van der Waals surface area contributed by atoms with Gasteiger partial charge in [-0.3, -0.25) is 0 Å². The molecule has 0 saturated carbocycles. The van der Waals surface area contributed by atoms with Crippen molar-refractivity contribution < 1.29 is 0 Å². The van der Waals surface area contributed by atoms with Gasteiger partial charge in [0.05, 0.1) is 11.0 Å². The molecule has 3 nitrogen and oxygen atoms in total. The number of halogens is 1. The first-order valence-electron chi connectivity index (χ1n) is 6.57. The fourth-order valence-electron chi connectivity index (χ4n) is 2.08. The maximum absolute atomic E-state index is 6.06. The number of benzene rings is 1. The summed E-state index contributed by atoms with van der Waals surface area (Å²) in [6.45, 7) is 6.39. The summed E-state index contributed by atoms with van der Waals surface area (Å²) >= 11 is 11.4. The lowest BCUT2D eigenvalue weighted by Crippen LogP contribution is -2.27.